The van der Waals surface area contributed by atoms with Crippen LogP contribution in [0.25, 0.3) is 0 Å². The Morgan fingerprint density at radius 2 is 1.80 bits per heavy atom. The molecule has 0 bridgehead atoms. The molecule has 1 aliphatic rings. The number of hydrogen-bond acceptors (Lipinski definition) is 7. The molecule has 5 amide bonds. The second kappa shape index (κ2) is 12.9. The smallest absolute Gasteiger partial charge is 0.324 e. The Morgan fingerprint density at radius 3 is 2.44 bits per heavy atom. The third kappa shape index (κ3) is 7.88. The number of piperazine rings is 1. The van der Waals surface area contributed by atoms with Crippen molar-refractivity contribution in [2.45, 2.75) is 45.6 Å². The Hall–Kier alpha value is -2.93. The molecule has 1 fully saturated rings. The third-order valence-corrected chi connectivity index (χ3v) is 8.65. The van der Waals surface area contributed by atoms with Gasteiger partial charge in [-0.3, -0.25) is 19.7 Å². The van der Waals surface area contributed by atoms with E-state index in [9.17, 15) is 19.2 Å². The van der Waals surface area contributed by atoms with Crippen molar-refractivity contribution < 1.29 is 19.2 Å². The van der Waals surface area contributed by atoms with Crippen LogP contribution in [0, 0.1) is 0 Å². The number of rotatable bonds is 8. The summed E-state index contributed by atoms with van der Waals surface area (Å²) < 4.78 is 0. The number of halogens is 2. The minimum absolute atomic E-state index is 0.0306. The number of aromatic nitrogens is 1. The summed E-state index contributed by atoms with van der Waals surface area (Å²) in [5, 5.41) is 9.52. The van der Waals surface area contributed by atoms with E-state index in [1.165, 1.54) is 21.1 Å². The van der Waals surface area contributed by atoms with E-state index in [0.717, 1.165) is 0 Å². The number of anilines is 2. The fourth-order valence-electron chi connectivity index (χ4n) is 4.11. The van der Waals surface area contributed by atoms with Crippen LogP contribution in [0.5, 0.6) is 0 Å². The van der Waals surface area contributed by atoms with E-state index in [2.05, 4.69) is 20.9 Å². The lowest BCUT2D eigenvalue weighted by Crippen LogP contribution is -2.65. The lowest BCUT2D eigenvalue weighted by Gasteiger charge is -2.45. The largest absolute Gasteiger partial charge is 0.353 e. The highest BCUT2D eigenvalue weighted by molar-refractivity contribution is 7.16. The molecule has 0 aliphatic carbocycles. The zero-order valence-corrected chi connectivity index (χ0v) is 26.7. The molecule has 224 valence electrons. The van der Waals surface area contributed by atoms with Crippen molar-refractivity contribution in [1.29, 1.82) is 0 Å². The number of nitrogens with zero attached hydrogens (tertiary/aromatic N) is 4. The van der Waals surface area contributed by atoms with E-state index in [4.69, 9.17) is 23.2 Å². The molecule has 1 aliphatic heterocycles. The number of nitrogens with one attached hydrogen (secondary N) is 3. The van der Waals surface area contributed by atoms with Crippen molar-refractivity contribution >= 4 is 69.0 Å². The summed E-state index contributed by atoms with van der Waals surface area (Å²) in [5.74, 6) is -1.11. The number of carbonyl (C=O) groups is 4. The van der Waals surface area contributed by atoms with Crippen LogP contribution < -0.4 is 16.0 Å². The number of carbonyl (C=O) groups excluding carboxylic acids is 4. The van der Waals surface area contributed by atoms with Gasteiger partial charge in [0.05, 0.1) is 22.3 Å². The standard InChI is InChI=1S/C27H37Cl2N7O4S/c1-26(2,3)23-32-20(21(41-23)33-25(40)31-17-10-8-9-16(28)19(17)29)22(38)36-14-13-35(24(39)27(36,4)5)15-18(37)30-11-12-34(6)7/h8-10H,11-15H2,1-7H3,(H,30,37)(H2,31,33,40). The van der Waals surface area contributed by atoms with Gasteiger partial charge in [-0.2, -0.15) is 0 Å². The molecule has 1 saturated heterocycles. The molecule has 3 rings (SSSR count). The molecule has 1 aromatic carbocycles. The molecule has 3 N–H and O–H groups in total. The van der Waals surface area contributed by atoms with Crippen LogP contribution >= 0.6 is 34.5 Å². The van der Waals surface area contributed by atoms with Crippen LogP contribution in [-0.4, -0.2) is 95.8 Å². The fourth-order valence-corrected chi connectivity index (χ4v) is 5.47. The predicted octanol–water partition coefficient (Wildman–Crippen LogP) is 4.13. The lowest BCUT2D eigenvalue weighted by molar-refractivity contribution is -0.149. The molecular formula is C27H37Cl2N7O4S. The van der Waals surface area contributed by atoms with Gasteiger partial charge in [-0.1, -0.05) is 61.4 Å². The maximum absolute atomic E-state index is 13.9. The second-order valence-corrected chi connectivity index (χ2v) is 13.3. The van der Waals surface area contributed by atoms with E-state index in [1.807, 2.05) is 39.8 Å². The van der Waals surface area contributed by atoms with Crippen LogP contribution in [0.15, 0.2) is 18.2 Å². The van der Waals surface area contributed by atoms with Crippen LogP contribution in [0.2, 0.25) is 10.0 Å². The van der Waals surface area contributed by atoms with Crippen LogP contribution in [-0.2, 0) is 15.0 Å². The van der Waals surface area contributed by atoms with E-state index >= 15 is 0 Å². The summed E-state index contributed by atoms with van der Waals surface area (Å²) in [6.07, 6.45) is 0. The molecule has 2 aromatic rings. The minimum atomic E-state index is -1.25. The summed E-state index contributed by atoms with van der Waals surface area (Å²) in [6, 6.07) is 4.22. The van der Waals surface area contributed by atoms with Gasteiger partial charge in [0.15, 0.2) is 5.69 Å². The highest BCUT2D eigenvalue weighted by Crippen LogP contribution is 2.36. The van der Waals surface area contributed by atoms with Crippen molar-refractivity contribution in [3.8, 4) is 0 Å². The van der Waals surface area contributed by atoms with Crippen molar-refractivity contribution in [2.24, 2.45) is 0 Å². The molecule has 0 saturated carbocycles. The molecule has 41 heavy (non-hydrogen) atoms. The van der Waals surface area contributed by atoms with E-state index in [1.54, 1.807) is 32.0 Å². The van der Waals surface area contributed by atoms with Gasteiger partial charge < -0.3 is 25.3 Å². The van der Waals surface area contributed by atoms with Crippen molar-refractivity contribution in [2.75, 3.05) is 57.5 Å². The molecule has 0 spiro atoms. The van der Waals surface area contributed by atoms with Gasteiger partial charge >= 0.3 is 6.03 Å². The molecular weight excluding hydrogens is 589 g/mol. The monoisotopic (exact) mass is 625 g/mol. The zero-order chi connectivity index (χ0) is 30.7. The van der Waals surface area contributed by atoms with Crippen molar-refractivity contribution in [3.05, 3.63) is 38.9 Å². The average molecular weight is 627 g/mol. The van der Waals surface area contributed by atoms with Crippen LogP contribution in [0.1, 0.15) is 50.1 Å². The molecule has 1 aromatic heterocycles. The quantitative estimate of drug-likeness (QED) is 0.405. The Labute approximate surface area is 254 Å². The SMILES string of the molecule is CN(C)CCNC(=O)CN1CCN(C(=O)c2nc(C(C)(C)C)sc2NC(=O)Nc2cccc(Cl)c2Cl)C(C)(C)C1=O. The predicted molar refractivity (Wildman–Crippen MR) is 163 cm³/mol. The van der Waals surface area contributed by atoms with Crippen molar-refractivity contribution in [3.63, 3.8) is 0 Å². The Morgan fingerprint density at radius 1 is 1.12 bits per heavy atom. The van der Waals surface area contributed by atoms with Gasteiger partial charge in [-0.15, -0.1) is 0 Å². The summed E-state index contributed by atoms with van der Waals surface area (Å²) >= 11 is 13.4. The van der Waals surface area contributed by atoms with E-state index in [0.29, 0.717) is 23.8 Å². The lowest BCUT2D eigenvalue weighted by atomic mass is 9.96. The van der Waals surface area contributed by atoms with Crippen molar-refractivity contribution in [1.82, 2.24) is 25.0 Å². The molecule has 14 heteroatoms. The second-order valence-electron chi connectivity index (χ2n) is 11.5. The van der Waals surface area contributed by atoms with Gasteiger partial charge in [-0.05, 0) is 40.1 Å². The molecule has 0 unspecified atom stereocenters. The van der Waals surface area contributed by atoms with E-state index in [-0.39, 0.29) is 52.2 Å². The zero-order valence-electron chi connectivity index (χ0n) is 24.4. The summed E-state index contributed by atoms with van der Waals surface area (Å²) in [6.45, 7) is 10.6. The normalized spacial score (nSPS) is 15.2. The molecule has 0 radical (unpaired) electrons. The van der Waals surface area contributed by atoms with Gasteiger partial charge in [-0.25, -0.2) is 9.78 Å². The average Bonchev–Trinajstić information content (AvgIpc) is 3.28. The maximum atomic E-state index is 13.9. The first kappa shape index (κ1) is 32.6. The van der Waals surface area contributed by atoms with Gasteiger partial charge in [0.2, 0.25) is 11.8 Å². The first-order valence-corrected chi connectivity index (χ1v) is 14.7. The maximum Gasteiger partial charge on any atom is 0.324 e. The van der Waals surface area contributed by atoms with Gasteiger partial charge in [0.25, 0.3) is 5.91 Å². The Balaban J connectivity index is 1.80. The van der Waals surface area contributed by atoms with Crippen LogP contribution in [0.4, 0.5) is 15.5 Å². The number of hydrogen-bond donors (Lipinski definition) is 3. The molecule has 2 heterocycles. The highest BCUT2D eigenvalue weighted by atomic mass is 35.5. The number of likely N-dealkylation sites (N-methyl/N-ethyl adjacent to an activating group) is 1. The first-order chi connectivity index (χ1) is 19.0. The number of benzene rings is 1. The number of urea groups is 1. The highest BCUT2D eigenvalue weighted by Gasteiger charge is 2.46. The molecule has 11 nitrogen and oxygen atoms in total. The van der Waals surface area contributed by atoms with Gasteiger partial charge in [0.1, 0.15) is 15.5 Å². The number of thiazole rings is 1. The summed E-state index contributed by atoms with van der Waals surface area (Å²) in [5.41, 5.74) is -1.32. The van der Waals surface area contributed by atoms with Crippen LogP contribution in [0.3, 0.4) is 0 Å². The Bertz CT molecular complexity index is 1320. The first-order valence-electron chi connectivity index (χ1n) is 13.1. The topological polar surface area (TPSA) is 127 Å². The van der Waals surface area contributed by atoms with E-state index < -0.39 is 22.9 Å². The number of amides is 5. The molecule has 0 atom stereocenters. The van der Waals surface area contributed by atoms with Gasteiger partial charge in [0, 0.05) is 31.6 Å². The summed E-state index contributed by atoms with van der Waals surface area (Å²) in [4.78, 5) is 62.1. The minimum Gasteiger partial charge on any atom is -0.353 e. The fraction of sp³-hybridized carbons (Fsp3) is 0.519. The third-order valence-electron chi connectivity index (χ3n) is 6.44. The summed E-state index contributed by atoms with van der Waals surface area (Å²) in [7, 11) is 3.81. The Kier molecular flexibility index (Phi) is 10.3.